The van der Waals surface area contributed by atoms with Gasteiger partial charge in [-0.3, -0.25) is 9.59 Å². The first-order chi connectivity index (χ1) is 16.7. The summed E-state index contributed by atoms with van der Waals surface area (Å²) in [5, 5.41) is 15.0. The molecule has 0 radical (unpaired) electrons. The summed E-state index contributed by atoms with van der Waals surface area (Å²) in [5.41, 5.74) is 3.92. The molecule has 4 rings (SSSR count). The van der Waals surface area contributed by atoms with E-state index >= 15 is 0 Å². The molecule has 0 bridgehead atoms. The minimum absolute atomic E-state index is 0.0534. The van der Waals surface area contributed by atoms with E-state index < -0.39 is 35.3 Å². The second kappa shape index (κ2) is 10.1. The van der Waals surface area contributed by atoms with Gasteiger partial charge in [-0.2, -0.15) is 0 Å². The Kier molecular flexibility index (Phi) is 7.15. The monoisotopic (exact) mass is 478 g/mol. The fourth-order valence-electron chi connectivity index (χ4n) is 5.04. The SMILES string of the molecule is CC(C)(C)[C@H](NC(=O)OCC1c2ccccc2-c2ccccc21)C(=O)NCC(C(=O)O)C1CCC1. The van der Waals surface area contributed by atoms with E-state index in [0.717, 1.165) is 41.5 Å². The van der Waals surface area contributed by atoms with Gasteiger partial charge < -0.3 is 20.5 Å². The molecule has 0 heterocycles. The maximum atomic E-state index is 13.0. The lowest BCUT2D eigenvalue weighted by Gasteiger charge is -2.33. The molecule has 0 aliphatic heterocycles. The van der Waals surface area contributed by atoms with Crippen molar-refractivity contribution >= 4 is 18.0 Å². The number of fused-ring (bicyclic) bond motifs is 3. The van der Waals surface area contributed by atoms with E-state index in [-0.39, 0.29) is 25.0 Å². The lowest BCUT2D eigenvalue weighted by Crippen LogP contribution is -2.55. The number of rotatable bonds is 8. The normalized spacial score (nSPS) is 16.9. The molecule has 7 nitrogen and oxygen atoms in total. The molecule has 1 fully saturated rings. The molecule has 186 valence electrons. The Bertz CT molecular complexity index is 1060. The number of hydrogen-bond donors (Lipinski definition) is 3. The largest absolute Gasteiger partial charge is 0.481 e. The Morgan fingerprint density at radius 2 is 1.57 bits per heavy atom. The van der Waals surface area contributed by atoms with Crippen molar-refractivity contribution in [2.75, 3.05) is 13.2 Å². The van der Waals surface area contributed by atoms with Crippen LogP contribution in [0.2, 0.25) is 0 Å². The third kappa shape index (κ3) is 5.34. The first kappa shape index (κ1) is 24.8. The Balaban J connectivity index is 1.39. The van der Waals surface area contributed by atoms with E-state index in [0.29, 0.717) is 0 Å². The quantitative estimate of drug-likeness (QED) is 0.516. The number of carboxylic acids is 1. The number of ether oxygens (including phenoxy) is 1. The first-order valence-electron chi connectivity index (χ1n) is 12.3. The van der Waals surface area contributed by atoms with E-state index in [2.05, 4.69) is 22.8 Å². The second-order valence-corrected chi connectivity index (χ2v) is 10.6. The van der Waals surface area contributed by atoms with Crippen molar-refractivity contribution in [3.05, 3.63) is 59.7 Å². The van der Waals surface area contributed by atoms with Gasteiger partial charge in [0, 0.05) is 12.5 Å². The highest BCUT2D eigenvalue weighted by molar-refractivity contribution is 5.87. The number of alkyl carbamates (subject to hydrolysis) is 1. The molecule has 0 spiro atoms. The predicted molar refractivity (Wildman–Crippen MR) is 133 cm³/mol. The molecule has 2 aliphatic carbocycles. The number of nitrogens with one attached hydrogen (secondary N) is 2. The zero-order valence-electron chi connectivity index (χ0n) is 20.5. The van der Waals surface area contributed by atoms with Crippen molar-refractivity contribution in [1.82, 2.24) is 10.6 Å². The summed E-state index contributed by atoms with van der Waals surface area (Å²) >= 11 is 0. The van der Waals surface area contributed by atoms with Crippen LogP contribution in [0.3, 0.4) is 0 Å². The van der Waals surface area contributed by atoms with Crippen molar-refractivity contribution in [3.63, 3.8) is 0 Å². The first-order valence-corrected chi connectivity index (χ1v) is 12.3. The van der Waals surface area contributed by atoms with Gasteiger partial charge in [-0.25, -0.2) is 4.79 Å². The molecule has 2 aromatic rings. The number of aliphatic carboxylic acids is 1. The van der Waals surface area contributed by atoms with Gasteiger partial charge in [0.25, 0.3) is 0 Å². The van der Waals surface area contributed by atoms with E-state index in [1.54, 1.807) is 0 Å². The summed E-state index contributed by atoms with van der Waals surface area (Å²) in [6.07, 6.45) is 2.09. The maximum absolute atomic E-state index is 13.0. The smallest absolute Gasteiger partial charge is 0.407 e. The Morgan fingerprint density at radius 3 is 2.06 bits per heavy atom. The summed E-state index contributed by atoms with van der Waals surface area (Å²) in [6, 6.07) is 15.3. The summed E-state index contributed by atoms with van der Waals surface area (Å²) < 4.78 is 5.62. The van der Waals surface area contributed by atoms with Crippen LogP contribution in [0.5, 0.6) is 0 Å². The molecule has 35 heavy (non-hydrogen) atoms. The number of hydrogen-bond acceptors (Lipinski definition) is 4. The molecule has 2 aromatic carbocycles. The molecule has 2 amide bonds. The summed E-state index contributed by atoms with van der Waals surface area (Å²) in [5.74, 6) is -1.89. The van der Waals surface area contributed by atoms with Gasteiger partial charge in [0.15, 0.2) is 0 Å². The van der Waals surface area contributed by atoms with Gasteiger partial charge in [0.2, 0.25) is 5.91 Å². The van der Waals surface area contributed by atoms with Crippen molar-refractivity contribution in [1.29, 1.82) is 0 Å². The van der Waals surface area contributed by atoms with E-state index in [9.17, 15) is 19.5 Å². The molecule has 3 N–H and O–H groups in total. The Labute approximate surface area is 206 Å². The van der Waals surface area contributed by atoms with Crippen molar-refractivity contribution in [3.8, 4) is 11.1 Å². The summed E-state index contributed by atoms with van der Waals surface area (Å²) in [6.45, 7) is 5.75. The van der Waals surface area contributed by atoms with Crippen molar-refractivity contribution in [2.24, 2.45) is 17.3 Å². The lowest BCUT2D eigenvalue weighted by atomic mass is 9.75. The number of carbonyl (C=O) groups is 3. The molecule has 2 atom stereocenters. The highest BCUT2D eigenvalue weighted by atomic mass is 16.5. The van der Waals surface area contributed by atoms with E-state index in [1.165, 1.54) is 0 Å². The minimum atomic E-state index is -0.896. The molecule has 7 heteroatoms. The number of carbonyl (C=O) groups excluding carboxylic acids is 2. The van der Waals surface area contributed by atoms with E-state index in [1.807, 2.05) is 57.2 Å². The summed E-state index contributed by atoms with van der Waals surface area (Å²) in [4.78, 5) is 37.4. The molecule has 1 saturated carbocycles. The fourth-order valence-corrected chi connectivity index (χ4v) is 5.04. The minimum Gasteiger partial charge on any atom is -0.481 e. The highest BCUT2D eigenvalue weighted by Crippen LogP contribution is 2.44. The van der Waals surface area contributed by atoms with Crippen LogP contribution < -0.4 is 10.6 Å². The standard InChI is InChI=1S/C28H34N2O5/c1-28(2,3)24(25(31)29-15-22(26(32)33)17-9-8-10-17)30-27(34)35-16-23-20-13-6-4-11-18(20)19-12-5-7-14-21(19)23/h4-7,11-14,17,22-24H,8-10,15-16H2,1-3H3,(H,29,31)(H,30,34)(H,32,33)/t22?,24-/m1/s1. The Morgan fingerprint density at radius 1 is 1.00 bits per heavy atom. The average Bonchev–Trinajstić information content (AvgIpc) is 3.10. The molecule has 0 saturated heterocycles. The summed E-state index contributed by atoms with van der Waals surface area (Å²) in [7, 11) is 0. The molecule has 2 aliphatic rings. The molecule has 1 unspecified atom stereocenters. The van der Waals surface area contributed by atoms with Crippen LogP contribution in [0.25, 0.3) is 11.1 Å². The number of benzene rings is 2. The Hall–Kier alpha value is -3.35. The number of amides is 2. The third-order valence-electron chi connectivity index (χ3n) is 7.27. The van der Waals surface area contributed by atoms with Crippen molar-refractivity contribution in [2.45, 2.75) is 52.0 Å². The van der Waals surface area contributed by atoms with Gasteiger partial charge >= 0.3 is 12.1 Å². The lowest BCUT2D eigenvalue weighted by molar-refractivity contribution is -0.145. The number of carboxylic acid groups (broad SMARTS) is 1. The zero-order valence-corrected chi connectivity index (χ0v) is 20.5. The van der Waals surface area contributed by atoms with Crippen LogP contribution in [0, 0.1) is 17.3 Å². The van der Waals surface area contributed by atoms with E-state index in [4.69, 9.17) is 4.74 Å². The van der Waals surface area contributed by atoms with Gasteiger partial charge in [0.1, 0.15) is 12.6 Å². The topological polar surface area (TPSA) is 105 Å². The average molecular weight is 479 g/mol. The van der Waals surface area contributed by atoms with Gasteiger partial charge in [-0.15, -0.1) is 0 Å². The van der Waals surface area contributed by atoms with Gasteiger partial charge in [-0.1, -0.05) is 75.7 Å². The van der Waals surface area contributed by atoms with Gasteiger partial charge in [-0.05, 0) is 46.4 Å². The van der Waals surface area contributed by atoms with Crippen LogP contribution in [-0.2, 0) is 14.3 Å². The fraction of sp³-hybridized carbons (Fsp3) is 0.464. The molecular weight excluding hydrogens is 444 g/mol. The van der Waals surface area contributed by atoms with Crippen LogP contribution in [0.1, 0.15) is 57.1 Å². The predicted octanol–water partition coefficient (Wildman–Crippen LogP) is 4.56. The maximum Gasteiger partial charge on any atom is 0.407 e. The zero-order chi connectivity index (χ0) is 25.2. The van der Waals surface area contributed by atoms with Gasteiger partial charge in [0.05, 0.1) is 5.92 Å². The van der Waals surface area contributed by atoms with Crippen LogP contribution >= 0.6 is 0 Å². The molecule has 0 aromatic heterocycles. The van der Waals surface area contributed by atoms with Crippen LogP contribution in [0.15, 0.2) is 48.5 Å². The molecular formula is C28H34N2O5. The second-order valence-electron chi connectivity index (χ2n) is 10.6. The van der Waals surface area contributed by atoms with Crippen LogP contribution in [-0.4, -0.2) is 42.3 Å². The third-order valence-corrected chi connectivity index (χ3v) is 7.27. The van der Waals surface area contributed by atoms with Crippen LogP contribution in [0.4, 0.5) is 4.79 Å². The van der Waals surface area contributed by atoms with Crippen molar-refractivity contribution < 1.29 is 24.2 Å². The highest BCUT2D eigenvalue weighted by Gasteiger charge is 2.37.